The molecule has 13 nitrogen and oxygen atoms in total. The summed E-state index contributed by atoms with van der Waals surface area (Å²) in [7, 11) is 0. The number of likely N-dealkylation sites (tertiary alicyclic amines) is 3. The van der Waals surface area contributed by atoms with Gasteiger partial charge in [-0.2, -0.15) is 0 Å². The van der Waals surface area contributed by atoms with Crippen molar-refractivity contribution < 1.29 is 24.0 Å². The Kier molecular flexibility index (Phi) is 16.2. The lowest BCUT2D eigenvalue weighted by Crippen LogP contribution is -2.63. The van der Waals surface area contributed by atoms with E-state index in [2.05, 4.69) is 30.7 Å². The van der Waals surface area contributed by atoms with Crippen LogP contribution >= 0.6 is 0 Å². The quantitative estimate of drug-likeness (QED) is 0.302. The zero-order valence-corrected chi connectivity index (χ0v) is 39.3. The van der Waals surface area contributed by atoms with Crippen molar-refractivity contribution in [2.24, 2.45) is 11.8 Å². The van der Waals surface area contributed by atoms with Crippen LogP contribution in [-0.2, 0) is 4.79 Å². The molecule has 0 bridgehead atoms. The molecule has 0 spiro atoms. The number of nitrogens with one attached hydrogen (secondary N) is 3. The molecular weight excluding hydrogens is 817 g/mol. The van der Waals surface area contributed by atoms with E-state index in [4.69, 9.17) is 0 Å². The third kappa shape index (κ3) is 11.4. The number of hydrogen-bond acceptors (Lipinski definition) is 7. The van der Waals surface area contributed by atoms with E-state index in [1.807, 2.05) is 67.3 Å². The van der Waals surface area contributed by atoms with Crippen LogP contribution in [-0.4, -0.2) is 150 Å². The van der Waals surface area contributed by atoms with Gasteiger partial charge in [-0.25, -0.2) is 9.59 Å². The van der Waals surface area contributed by atoms with Crippen LogP contribution in [0.4, 0.5) is 9.59 Å². The van der Waals surface area contributed by atoms with Gasteiger partial charge in [0.2, 0.25) is 0 Å². The van der Waals surface area contributed by atoms with Gasteiger partial charge in [0.1, 0.15) is 5.78 Å². The normalized spacial score (nSPS) is 27.2. The summed E-state index contributed by atoms with van der Waals surface area (Å²) in [5, 5.41) is 9.65. The van der Waals surface area contributed by atoms with Gasteiger partial charge in [-0.05, 0) is 126 Å². The maximum atomic E-state index is 12.9. The molecule has 6 heterocycles. The SMILES string of the molecule is Cc1ccccc1C(=O)N1CCC(=O)CC1.Cc1ccccc1C(=O)N1CCC(N2CCC(N3C(=O)NC[C@H]4CCCC[C@@H]43)CC2)CC1.O=C1NC[C@H]2CCCC[C@@H]2N1C1CCNCC1. The molecule has 354 valence electrons. The number of rotatable bonds is 5. The third-order valence-electron chi connectivity index (χ3n) is 16.2. The number of fused-ring (bicyclic) bond motifs is 2. The van der Waals surface area contributed by atoms with Gasteiger partial charge >= 0.3 is 12.1 Å². The molecule has 10 rings (SSSR count). The average molecular weight is 893 g/mol. The second-order valence-electron chi connectivity index (χ2n) is 20.1. The van der Waals surface area contributed by atoms with Crippen molar-refractivity contribution in [3.8, 4) is 0 Å². The van der Waals surface area contributed by atoms with E-state index < -0.39 is 0 Å². The molecular formula is C52H76N8O5. The Hall–Kier alpha value is -4.49. The highest BCUT2D eigenvalue weighted by Crippen LogP contribution is 2.36. The molecule has 0 unspecified atom stereocenters. The Morgan fingerprint density at radius 2 is 0.938 bits per heavy atom. The van der Waals surface area contributed by atoms with Crippen LogP contribution in [0.15, 0.2) is 48.5 Å². The van der Waals surface area contributed by atoms with Crippen molar-refractivity contribution in [2.75, 3.05) is 65.4 Å². The average Bonchev–Trinajstić information content (AvgIpc) is 3.35. The van der Waals surface area contributed by atoms with E-state index >= 15 is 0 Å². The minimum absolute atomic E-state index is 0.0469. The zero-order valence-electron chi connectivity index (χ0n) is 39.3. The molecule has 8 aliphatic rings. The van der Waals surface area contributed by atoms with Crippen molar-refractivity contribution in [1.82, 2.24) is 40.4 Å². The fraction of sp³-hybridized carbons (Fsp3) is 0.673. The number of carbonyl (C=O) groups is 5. The predicted molar refractivity (Wildman–Crippen MR) is 254 cm³/mol. The molecule has 2 saturated carbocycles. The predicted octanol–water partition coefficient (Wildman–Crippen LogP) is 6.77. The molecule has 6 saturated heterocycles. The number of Topliss-reactive ketones (excluding diaryl/α,β-unsaturated/α-hetero) is 1. The van der Waals surface area contributed by atoms with Gasteiger partial charge < -0.3 is 40.4 Å². The number of carbonyl (C=O) groups excluding carboxylic acids is 5. The summed E-state index contributed by atoms with van der Waals surface area (Å²) in [6.07, 6.45) is 17.7. The van der Waals surface area contributed by atoms with Crippen molar-refractivity contribution in [3.05, 3.63) is 70.8 Å². The van der Waals surface area contributed by atoms with E-state index in [0.717, 1.165) is 113 Å². The smallest absolute Gasteiger partial charge is 0.317 e. The maximum absolute atomic E-state index is 12.9. The maximum Gasteiger partial charge on any atom is 0.317 e. The molecule has 2 aromatic rings. The third-order valence-corrected chi connectivity index (χ3v) is 16.2. The highest BCUT2D eigenvalue weighted by molar-refractivity contribution is 5.97. The largest absolute Gasteiger partial charge is 0.339 e. The molecule has 2 aliphatic carbocycles. The molecule has 2 aromatic carbocycles. The molecule has 4 atom stereocenters. The first-order chi connectivity index (χ1) is 31.7. The first kappa shape index (κ1) is 47.0. The van der Waals surface area contributed by atoms with Gasteiger partial charge in [0, 0.05) is 107 Å². The first-order valence-electron chi connectivity index (χ1n) is 25.4. The first-order valence-corrected chi connectivity index (χ1v) is 25.4. The minimum atomic E-state index is 0.0469. The number of benzene rings is 2. The fourth-order valence-corrected chi connectivity index (χ4v) is 12.4. The van der Waals surface area contributed by atoms with E-state index in [1.54, 1.807) is 4.90 Å². The highest BCUT2D eigenvalue weighted by atomic mass is 16.2. The molecule has 6 aliphatic heterocycles. The molecule has 13 heteroatoms. The number of aryl methyl sites for hydroxylation is 2. The van der Waals surface area contributed by atoms with E-state index in [0.29, 0.717) is 68.0 Å². The summed E-state index contributed by atoms with van der Waals surface area (Å²) in [5.41, 5.74) is 3.64. The topological polar surface area (TPSA) is 138 Å². The summed E-state index contributed by atoms with van der Waals surface area (Å²) in [6, 6.07) is 18.3. The van der Waals surface area contributed by atoms with E-state index in [-0.39, 0.29) is 29.7 Å². The molecule has 6 amide bonds. The van der Waals surface area contributed by atoms with Crippen molar-refractivity contribution >= 4 is 29.7 Å². The highest BCUT2D eigenvalue weighted by Gasteiger charge is 2.43. The van der Waals surface area contributed by atoms with Gasteiger partial charge in [-0.15, -0.1) is 0 Å². The number of piperidine rings is 4. The minimum Gasteiger partial charge on any atom is -0.339 e. The van der Waals surface area contributed by atoms with Crippen molar-refractivity contribution in [2.45, 2.75) is 147 Å². The summed E-state index contributed by atoms with van der Waals surface area (Å²) in [4.78, 5) is 71.9. The van der Waals surface area contributed by atoms with Gasteiger partial charge in [0.05, 0.1) is 0 Å². The summed E-state index contributed by atoms with van der Waals surface area (Å²) in [5.74, 6) is 1.84. The Bertz CT molecular complexity index is 1950. The lowest BCUT2D eigenvalue weighted by molar-refractivity contribution is -0.120. The van der Waals surface area contributed by atoms with Crippen LogP contribution in [0.2, 0.25) is 0 Å². The number of amides is 6. The second kappa shape index (κ2) is 22.3. The summed E-state index contributed by atoms with van der Waals surface area (Å²) >= 11 is 0. The van der Waals surface area contributed by atoms with Crippen LogP contribution in [0.25, 0.3) is 0 Å². The molecule has 65 heavy (non-hydrogen) atoms. The van der Waals surface area contributed by atoms with Gasteiger partial charge in [0.25, 0.3) is 11.8 Å². The van der Waals surface area contributed by atoms with Gasteiger partial charge in [0.15, 0.2) is 0 Å². The number of hydrogen-bond donors (Lipinski definition) is 3. The van der Waals surface area contributed by atoms with Crippen LogP contribution in [0, 0.1) is 25.7 Å². The molecule has 0 radical (unpaired) electrons. The Morgan fingerprint density at radius 1 is 0.508 bits per heavy atom. The van der Waals surface area contributed by atoms with Gasteiger partial charge in [-0.3, -0.25) is 14.4 Å². The van der Waals surface area contributed by atoms with E-state index in [9.17, 15) is 24.0 Å². The standard InChI is InChI=1S/C26H38N4O2.C13H23N3O.C13H15NO2/c1-19-6-2-4-8-23(19)25(31)29-16-10-21(11-17-29)28-14-12-22(13-15-28)30-24-9-5-3-7-20(24)18-27-26(30)32;17-13-15-9-10-3-1-2-4-12(10)16(13)11-5-7-14-8-6-11;1-10-4-2-3-5-12(10)13(16)14-8-6-11(15)7-9-14/h2,4,6,8,20-22,24H,3,5,7,9-18H2,1H3,(H,27,32);10-12,14H,1-9H2,(H,15,17);2-5H,6-9H2,1H3/t20-,24+;10-,12+;/m11./s1. The van der Waals surface area contributed by atoms with Crippen molar-refractivity contribution in [1.29, 1.82) is 0 Å². The van der Waals surface area contributed by atoms with Crippen LogP contribution < -0.4 is 16.0 Å². The Balaban J connectivity index is 0.000000147. The fourth-order valence-electron chi connectivity index (χ4n) is 12.4. The van der Waals surface area contributed by atoms with Crippen LogP contribution in [0.1, 0.15) is 135 Å². The van der Waals surface area contributed by atoms with Crippen LogP contribution in [0.3, 0.4) is 0 Å². The monoisotopic (exact) mass is 893 g/mol. The number of urea groups is 2. The van der Waals surface area contributed by atoms with Crippen LogP contribution in [0.5, 0.6) is 0 Å². The van der Waals surface area contributed by atoms with E-state index in [1.165, 1.54) is 51.4 Å². The second-order valence-corrected chi connectivity index (χ2v) is 20.1. The number of nitrogens with zero attached hydrogens (tertiary/aromatic N) is 5. The Labute approximate surface area is 387 Å². The lowest BCUT2D eigenvalue weighted by Gasteiger charge is -2.50. The van der Waals surface area contributed by atoms with Gasteiger partial charge in [-0.1, -0.05) is 62.1 Å². The summed E-state index contributed by atoms with van der Waals surface area (Å²) < 4.78 is 0. The zero-order chi connectivity index (χ0) is 45.3. The Morgan fingerprint density at radius 3 is 1.43 bits per heavy atom. The lowest BCUT2D eigenvalue weighted by atomic mass is 9.81. The van der Waals surface area contributed by atoms with Crippen molar-refractivity contribution in [3.63, 3.8) is 0 Å². The molecule has 8 fully saturated rings. The molecule has 3 N–H and O–H groups in total. The molecule has 0 aromatic heterocycles. The number of ketones is 1. The summed E-state index contributed by atoms with van der Waals surface area (Å²) in [6.45, 7) is 12.8.